The fourth-order valence-electron chi connectivity index (χ4n) is 2.58. The Morgan fingerprint density at radius 2 is 1.67 bits per heavy atom. The second kappa shape index (κ2) is 9.64. The van der Waals surface area contributed by atoms with Crippen molar-refractivity contribution >= 4 is 11.9 Å². The lowest BCUT2D eigenvalue weighted by molar-refractivity contribution is -0.120. The lowest BCUT2D eigenvalue weighted by Gasteiger charge is -2.08. The normalized spacial score (nSPS) is 12.1. The van der Waals surface area contributed by atoms with E-state index >= 15 is 0 Å². The van der Waals surface area contributed by atoms with Crippen LogP contribution in [0.2, 0.25) is 0 Å². The molecule has 0 fully saturated rings. The zero-order valence-electron chi connectivity index (χ0n) is 15.4. The molecule has 3 N–H and O–H groups in total. The molecule has 0 aliphatic carbocycles. The van der Waals surface area contributed by atoms with Crippen molar-refractivity contribution < 1.29 is 29.6 Å². The van der Waals surface area contributed by atoms with E-state index in [0.29, 0.717) is 17.9 Å². The number of aryl methyl sites for hydroxylation is 1. The molecular formula is C21H24O6. The van der Waals surface area contributed by atoms with E-state index in [9.17, 15) is 20.1 Å². The minimum atomic E-state index is -0.897. The fraction of sp³-hybridized carbons (Fsp3) is 0.286. The number of hydrogen-bond acceptors (Lipinski definition) is 6. The molecule has 0 saturated heterocycles. The van der Waals surface area contributed by atoms with Crippen LogP contribution >= 0.6 is 0 Å². The van der Waals surface area contributed by atoms with Crippen LogP contribution in [0.5, 0.6) is 23.0 Å². The van der Waals surface area contributed by atoms with E-state index in [2.05, 4.69) is 0 Å². The van der Waals surface area contributed by atoms with Crippen LogP contribution in [0.1, 0.15) is 24.0 Å². The number of ketones is 1. The van der Waals surface area contributed by atoms with Gasteiger partial charge in [0.1, 0.15) is 5.78 Å². The zero-order valence-corrected chi connectivity index (χ0v) is 15.4. The molecule has 2 aromatic carbocycles. The topological polar surface area (TPSA) is 96.2 Å². The number of ether oxygens (including phenoxy) is 2. The predicted molar refractivity (Wildman–Crippen MR) is 102 cm³/mol. The summed E-state index contributed by atoms with van der Waals surface area (Å²) in [4.78, 5) is 12.1. The van der Waals surface area contributed by atoms with Gasteiger partial charge < -0.3 is 24.8 Å². The first-order valence-electron chi connectivity index (χ1n) is 8.53. The molecule has 0 aliphatic heterocycles. The zero-order chi connectivity index (χ0) is 19.8. The first kappa shape index (κ1) is 20.3. The molecule has 0 aromatic heterocycles. The minimum absolute atomic E-state index is 0.0148. The Kier molecular flexibility index (Phi) is 7.25. The number of Topliss-reactive ketones (excluding diaryl/α,β-unsaturated/α-hetero) is 1. The van der Waals surface area contributed by atoms with Gasteiger partial charge in [0.05, 0.1) is 20.3 Å². The van der Waals surface area contributed by atoms with E-state index in [1.54, 1.807) is 30.3 Å². The number of methoxy groups -OCH3 is 2. The van der Waals surface area contributed by atoms with Crippen LogP contribution in [-0.4, -0.2) is 41.4 Å². The number of benzene rings is 2. The smallest absolute Gasteiger partial charge is 0.161 e. The number of phenolic OH excluding ortho intramolecular Hbond substituents is 2. The molecule has 27 heavy (non-hydrogen) atoms. The lowest BCUT2D eigenvalue weighted by Crippen LogP contribution is -2.11. The summed E-state index contributed by atoms with van der Waals surface area (Å²) in [5, 5.41) is 29.2. The third-order valence-electron chi connectivity index (χ3n) is 4.09. The first-order chi connectivity index (χ1) is 12.9. The van der Waals surface area contributed by atoms with Gasteiger partial charge in [-0.25, -0.2) is 0 Å². The van der Waals surface area contributed by atoms with Gasteiger partial charge in [0, 0.05) is 12.8 Å². The van der Waals surface area contributed by atoms with Crippen LogP contribution in [0.4, 0.5) is 0 Å². The molecule has 0 aliphatic rings. The molecule has 6 nitrogen and oxygen atoms in total. The van der Waals surface area contributed by atoms with Crippen molar-refractivity contribution in [3.05, 3.63) is 53.6 Å². The number of carbonyl (C=O) groups is 1. The Labute approximate surface area is 158 Å². The molecule has 1 atom stereocenters. The predicted octanol–water partition coefficient (Wildman–Crippen LogP) is 3.08. The van der Waals surface area contributed by atoms with Crippen molar-refractivity contribution in [3.8, 4) is 23.0 Å². The van der Waals surface area contributed by atoms with E-state index in [1.807, 2.05) is 0 Å². The number of rotatable bonds is 9. The molecule has 1 unspecified atom stereocenters. The van der Waals surface area contributed by atoms with Gasteiger partial charge >= 0.3 is 0 Å². The van der Waals surface area contributed by atoms with E-state index < -0.39 is 6.10 Å². The van der Waals surface area contributed by atoms with Gasteiger partial charge in [-0.2, -0.15) is 0 Å². The molecule has 144 valence electrons. The Hall–Kier alpha value is -2.99. The maximum atomic E-state index is 12.1. The van der Waals surface area contributed by atoms with Crippen molar-refractivity contribution in [3.63, 3.8) is 0 Å². The lowest BCUT2D eigenvalue weighted by atomic mass is 10.0. The summed E-state index contributed by atoms with van der Waals surface area (Å²) < 4.78 is 10.1. The van der Waals surface area contributed by atoms with Crippen molar-refractivity contribution in [2.24, 2.45) is 0 Å². The second-order valence-corrected chi connectivity index (χ2v) is 6.11. The third kappa shape index (κ3) is 6.04. The SMILES string of the molecule is COc1cc(/C=C\C(O)CC(=O)CCc2ccc(O)c(OC)c2)ccc1O. The molecule has 2 rings (SSSR count). The highest BCUT2D eigenvalue weighted by molar-refractivity contribution is 5.79. The number of carbonyl (C=O) groups excluding carboxylic acids is 1. The number of phenols is 2. The molecule has 0 radical (unpaired) electrons. The molecule has 6 heteroatoms. The van der Waals surface area contributed by atoms with Crippen molar-refractivity contribution in [1.29, 1.82) is 0 Å². The first-order valence-corrected chi connectivity index (χ1v) is 8.53. The van der Waals surface area contributed by atoms with Crippen LogP contribution in [0, 0.1) is 0 Å². The quantitative estimate of drug-likeness (QED) is 0.626. The van der Waals surface area contributed by atoms with E-state index in [0.717, 1.165) is 11.1 Å². The summed E-state index contributed by atoms with van der Waals surface area (Å²) in [7, 11) is 2.93. The van der Waals surface area contributed by atoms with Crippen molar-refractivity contribution in [2.75, 3.05) is 14.2 Å². The minimum Gasteiger partial charge on any atom is -0.504 e. The summed E-state index contributed by atoms with van der Waals surface area (Å²) in [6, 6.07) is 9.78. The van der Waals surface area contributed by atoms with Gasteiger partial charge in [-0.05, 0) is 41.8 Å². The Bertz CT molecular complexity index is 812. The summed E-state index contributed by atoms with van der Waals surface area (Å²) in [5.74, 6) is 0.733. The summed E-state index contributed by atoms with van der Waals surface area (Å²) >= 11 is 0. The van der Waals surface area contributed by atoms with Crippen LogP contribution in [0.3, 0.4) is 0 Å². The van der Waals surface area contributed by atoms with Gasteiger partial charge in [-0.15, -0.1) is 0 Å². The summed E-state index contributed by atoms with van der Waals surface area (Å²) in [5.41, 5.74) is 1.62. The number of aliphatic hydroxyl groups excluding tert-OH is 1. The molecule has 0 saturated carbocycles. The largest absolute Gasteiger partial charge is 0.504 e. The van der Waals surface area contributed by atoms with E-state index in [-0.39, 0.29) is 30.1 Å². The highest BCUT2D eigenvalue weighted by Crippen LogP contribution is 2.27. The van der Waals surface area contributed by atoms with E-state index in [1.165, 1.54) is 32.4 Å². The van der Waals surface area contributed by atoms with Gasteiger partial charge in [0.2, 0.25) is 0 Å². The molecule has 0 heterocycles. The maximum absolute atomic E-state index is 12.1. The van der Waals surface area contributed by atoms with Crippen molar-refractivity contribution in [1.82, 2.24) is 0 Å². The molecule has 0 spiro atoms. The van der Waals surface area contributed by atoms with Gasteiger partial charge in [0.15, 0.2) is 23.0 Å². The Morgan fingerprint density at radius 1 is 1.04 bits per heavy atom. The van der Waals surface area contributed by atoms with Gasteiger partial charge in [-0.3, -0.25) is 4.79 Å². The average Bonchev–Trinajstić information content (AvgIpc) is 2.66. The summed E-state index contributed by atoms with van der Waals surface area (Å²) in [6.45, 7) is 0. The molecule has 0 bridgehead atoms. The Morgan fingerprint density at radius 3 is 2.33 bits per heavy atom. The van der Waals surface area contributed by atoms with Crippen LogP contribution in [0.25, 0.3) is 6.08 Å². The highest BCUT2D eigenvalue weighted by atomic mass is 16.5. The number of hydrogen-bond donors (Lipinski definition) is 3. The molecule has 0 amide bonds. The van der Waals surface area contributed by atoms with Gasteiger partial charge in [-0.1, -0.05) is 24.3 Å². The molecular weight excluding hydrogens is 348 g/mol. The monoisotopic (exact) mass is 372 g/mol. The van der Waals surface area contributed by atoms with Crippen LogP contribution in [0.15, 0.2) is 42.5 Å². The third-order valence-corrected chi connectivity index (χ3v) is 4.09. The standard InChI is InChI=1S/C21H24O6/c1-26-20-11-14(5-9-18(20)24)3-7-16(22)13-17(23)8-4-15-6-10-19(25)21(12-15)27-2/h3,5-7,9-12,16,22,24-25H,4,8,13H2,1-2H3/b7-3-. The van der Waals surface area contributed by atoms with Crippen LogP contribution in [-0.2, 0) is 11.2 Å². The second-order valence-electron chi connectivity index (χ2n) is 6.11. The molecule has 2 aromatic rings. The number of aromatic hydroxyl groups is 2. The fourth-order valence-corrected chi connectivity index (χ4v) is 2.58. The number of aliphatic hydroxyl groups is 1. The van der Waals surface area contributed by atoms with Crippen LogP contribution < -0.4 is 9.47 Å². The van der Waals surface area contributed by atoms with E-state index in [4.69, 9.17) is 9.47 Å². The highest BCUT2D eigenvalue weighted by Gasteiger charge is 2.10. The Balaban J connectivity index is 1.86. The van der Waals surface area contributed by atoms with Gasteiger partial charge in [0.25, 0.3) is 0 Å². The average molecular weight is 372 g/mol. The maximum Gasteiger partial charge on any atom is 0.161 e. The summed E-state index contributed by atoms with van der Waals surface area (Å²) in [6.07, 6.45) is 3.11. The van der Waals surface area contributed by atoms with Crippen molar-refractivity contribution in [2.45, 2.75) is 25.4 Å².